The van der Waals surface area contributed by atoms with E-state index in [0.717, 1.165) is 5.57 Å². The number of hydrogen-bond donors (Lipinski definition) is 0. The topological polar surface area (TPSA) is 50.1 Å². The average Bonchev–Trinajstić information content (AvgIpc) is 2.26. The largest absolute Gasteiger partial charge is 0.465 e. The van der Waals surface area contributed by atoms with Crippen LogP contribution < -0.4 is 0 Å². The molecule has 0 saturated heterocycles. The van der Waals surface area contributed by atoms with Crippen molar-refractivity contribution in [3.05, 3.63) is 11.6 Å². The third-order valence-corrected chi connectivity index (χ3v) is 2.62. The summed E-state index contributed by atoms with van der Waals surface area (Å²) in [6.45, 7) is 7.68. The van der Waals surface area contributed by atoms with Crippen molar-refractivity contribution >= 4 is 5.97 Å². The number of carbonyl (C=O) groups is 1. The Kier molecular flexibility index (Phi) is 5.69. The first-order valence-electron chi connectivity index (χ1n) is 5.36. The van der Waals surface area contributed by atoms with E-state index < -0.39 is 11.4 Å². The summed E-state index contributed by atoms with van der Waals surface area (Å²) in [5, 5.41) is 9.21. The Labute approximate surface area is 91.7 Å². The lowest BCUT2D eigenvalue weighted by Crippen LogP contribution is -2.33. The highest BCUT2D eigenvalue weighted by Gasteiger charge is 2.41. The standard InChI is InChI=1S/C12H19NO2/c1-5-10(6-2)12(7-3,9-13)11(14)15-8-4/h5H,6-8H2,1-4H3/b10-5-/t12-/m0/s1. The zero-order valence-corrected chi connectivity index (χ0v) is 9.96. The van der Waals surface area contributed by atoms with E-state index in [1.54, 1.807) is 6.92 Å². The number of nitriles is 1. The summed E-state index contributed by atoms with van der Waals surface area (Å²) in [5.74, 6) is -0.426. The number of hydrogen-bond acceptors (Lipinski definition) is 3. The molecule has 0 N–H and O–H groups in total. The molecule has 0 amide bonds. The highest BCUT2D eigenvalue weighted by Crippen LogP contribution is 2.34. The van der Waals surface area contributed by atoms with Crippen LogP contribution in [-0.4, -0.2) is 12.6 Å². The molecule has 15 heavy (non-hydrogen) atoms. The predicted octanol–water partition coefficient (Wildman–Crippen LogP) is 2.83. The van der Waals surface area contributed by atoms with Crippen LogP contribution in [0.4, 0.5) is 0 Å². The fraction of sp³-hybridized carbons (Fsp3) is 0.667. The van der Waals surface area contributed by atoms with Gasteiger partial charge in [0.1, 0.15) is 0 Å². The van der Waals surface area contributed by atoms with Crippen molar-refractivity contribution in [2.45, 2.75) is 40.5 Å². The zero-order valence-electron chi connectivity index (χ0n) is 9.96. The van der Waals surface area contributed by atoms with Crippen molar-refractivity contribution in [1.29, 1.82) is 5.26 Å². The summed E-state index contributed by atoms with van der Waals surface area (Å²) in [4.78, 5) is 11.8. The van der Waals surface area contributed by atoms with Gasteiger partial charge in [0.2, 0.25) is 0 Å². The minimum Gasteiger partial charge on any atom is -0.465 e. The minimum absolute atomic E-state index is 0.309. The van der Waals surface area contributed by atoms with Gasteiger partial charge in [-0.1, -0.05) is 19.9 Å². The first kappa shape index (κ1) is 13.7. The highest BCUT2D eigenvalue weighted by atomic mass is 16.5. The van der Waals surface area contributed by atoms with Crippen molar-refractivity contribution in [2.24, 2.45) is 5.41 Å². The second-order valence-corrected chi connectivity index (χ2v) is 3.26. The Morgan fingerprint density at radius 1 is 1.47 bits per heavy atom. The van der Waals surface area contributed by atoms with Gasteiger partial charge in [-0.25, -0.2) is 4.79 Å². The predicted molar refractivity (Wildman–Crippen MR) is 59.0 cm³/mol. The van der Waals surface area contributed by atoms with Gasteiger partial charge in [0, 0.05) is 0 Å². The van der Waals surface area contributed by atoms with Gasteiger partial charge in [-0.15, -0.1) is 0 Å². The molecular weight excluding hydrogens is 190 g/mol. The molecule has 0 aromatic rings. The molecule has 0 fully saturated rings. The molecule has 0 aliphatic carbocycles. The molecule has 0 radical (unpaired) electrons. The van der Waals surface area contributed by atoms with E-state index in [4.69, 9.17) is 4.74 Å². The lowest BCUT2D eigenvalue weighted by Gasteiger charge is -2.25. The highest BCUT2D eigenvalue weighted by molar-refractivity contribution is 5.83. The van der Waals surface area contributed by atoms with Crippen LogP contribution in [0, 0.1) is 16.7 Å². The molecular formula is C12H19NO2. The first-order valence-corrected chi connectivity index (χ1v) is 5.36. The van der Waals surface area contributed by atoms with Crippen molar-refractivity contribution in [3.63, 3.8) is 0 Å². The van der Waals surface area contributed by atoms with Gasteiger partial charge in [-0.05, 0) is 32.3 Å². The van der Waals surface area contributed by atoms with Gasteiger partial charge >= 0.3 is 5.97 Å². The molecule has 0 aliphatic heterocycles. The van der Waals surface area contributed by atoms with Gasteiger partial charge in [-0.2, -0.15) is 5.26 Å². The third kappa shape index (κ3) is 2.59. The van der Waals surface area contributed by atoms with Gasteiger partial charge in [0.25, 0.3) is 0 Å². The number of ether oxygens (including phenoxy) is 1. The Balaban J connectivity index is 5.24. The van der Waals surface area contributed by atoms with E-state index in [-0.39, 0.29) is 0 Å². The summed E-state index contributed by atoms with van der Waals surface area (Å²) in [6.07, 6.45) is 2.98. The Morgan fingerprint density at radius 2 is 2.07 bits per heavy atom. The van der Waals surface area contributed by atoms with Crippen molar-refractivity contribution < 1.29 is 9.53 Å². The summed E-state index contributed by atoms with van der Waals surface area (Å²) < 4.78 is 4.97. The molecule has 0 aromatic carbocycles. The molecule has 3 heteroatoms. The lowest BCUT2D eigenvalue weighted by atomic mass is 9.77. The van der Waals surface area contributed by atoms with Crippen LogP contribution in [0.3, 0.4) is 0 Å². The van der Waals surface area contributed by atoms with E-state index >= 15 is 0 Å². The molecule has 1 atom stereocenters. The van der Waals surface area contributed by atoms with Gasteiger partial charge in [0.15, 0.2) is 5.41 Å². The molecule has 0 aliphatic rings. The van der Waals surface area contributed by atoms with Gasteiger partial charge in [-0.3, -0.25) is 0 Å². The van der Waals surface area contributed by atoms with Crippen LogP contribution in [0.25, 0.3) is 0 Å². The zero-order chi connectivity index (χ0) is 11.9. The van der Waals surface area contributed by atoms with Crippen molar-refractivity contribution in [2.75, 3.05) is 6.61 Å². The second kappa shape index (κ2) is 6.23. The molecule has 0 unspecified atom stereocenters. The SMILES string of the molecule is C/C=C(/CC)[C@@](C#N)(CC)C(=O)OCC. The van der Waals surface area contributed by atoms with Crippen LogP contribution in [0.15, 0.2) is 11.6 Å². The second-order valence-electron chi connectivity index (χ2n) is 3.26. The van der Waals surface area contributed by atoms with Crippen molar-refractivity contribution in [3.8, 4) is 6.07 Å². The smallest absolute Gasteiger partial charge is 0.330 e. The molecule has 84 valence electrons. The Bertz CT molecular complexity index is 288. The van der Waals surface area contributed by atoms with Crippen LogP contribution >= 0.6 is 0 Å². The van der Waals surface area contributed by atoms with E-state index in [2.05, 4.69) is 6.07 Å². The quantitative estimate of drug-likeness (QED) is 0.516. The number of nitrogens with zero attached hydrogens (tertiary/aromatic N) is 1. The maximum atomic E-state index is 11.8. The molecule has 0 heterocycles. The maximum Gasteiger partial charge on any atom is 0.330 e. The van der Waals surface area contributed by atoms with E-state index in [0.29, 0.717) is 19.4 Å². The van der Waals surface area contributed by atoms with Crippen molar-refractivity contribution in [1.82, 2.24) is 0 Å². The van der Waals surface area contributed by atoms with E-state index in [1.165, 1.54) is 0 Å². The fourth-order valence-electron chi connectivity index (χ4n) is 1.71. The molecule has 3 nitrogen and oxygen atoms in total. The molecule has 0 bridgehead atoms. The first-order chi connectivity index (χ1) is 7.12. The summed E-state index contributed by atoms with van der Waals surface area (Å²) >= 11 is 0. The van der Waals surface area contributed by atoms with E-state index in [9.17, 15) is 10.1 Å². The van der Waals surface area contributed by atoms with Crippen LogP contribution in [-0.2, 0) is 9.53 Å². The molecule has 0 saturated carbocycles. The lowest BCUT2D eigenvalue weighted by molar-refractivity contribution is -0.150. The van der Waals surface area contributed by atoms with Gasteiger partial charge in [0.05, 0.1) is 12.7 Å². The Hall–Kier alpha value is -1.30. The van der Waals surface area contributed by atoms with Crippen LogP contribution in [0.5, 0.6) is 0 Å². The van der Waals surface area contributed by atoms with E-state index in [1.807, 2.05) is 26.8 Å². The van der Waals surface area contributed by atoms with Crippen LogP contribution in [0.2, 0.25) is 0 Å². The molecule has 0 rings (SSSR count). The van der Waals surface area contributed by atoms with Gasteiger partial charge < -0.3 is 4.74 Å². The number of esters is 1. The fourth-order valence-corrected chi connectivity index (χ4v) is 1.71. The monoisotopic (exact) mass is 209 g/mol. The number of allylic oxidation sites excluding steroid dienone is 1. The minimum atomic E-state index is -1.08. The Morgan fingerprint density at radius 3 is 2.33 bits per heavy atom. The number of rotatable bonds is 5. The summed E-state index contributed by atoms with van der Waals surface area (Å²) in [6, 6.07) is 2.11. The van der Waals surface area contributed by atoms with Crippen LogP contribution in [0.1, 0.15) is 40.5 Å². The summed E-state index contributed by atoms with van der Waals surface area (Å²) in [7, 11) is 0. The third-order valence-electron chi connectivity index (χ3n) is 2.62. The maximum absolute atomic E-state index is 11.8. The molecule has 0 aromatic heterocycles. The normalized spacial score (nSPS) is 15.3. The molecule has 0 spiro atoms. The average molecular weight is 209 g/mol. The summed E-state index contributed by atoms with van der Waals surface area (Å²) in [5.41, 5.74) is -0.245. The number of carbonyl (C=O) groups excluding carboxylic acids is 1.